The third-order valence-corrected chi connectivity index (χ3v) is 4.20. The molecule has 1 aliphatic rings. The van der Waals surface area contributed by atoms with Crippen molar-refractivity contribution in [3.63, 3.8) is 0 Å². The molecule has 1 aliphatic carbocycles. The summed E-state index contributed by atoms with van der Waals surface area (Å²) < 4.78 is 0.975. The highest BCUT2D eigenvalue weighted by atomic mass is 79.9. The van der Waals surface area contributed by atoms with Gasteiger partial charge < -0.3 is 4.90 Å². The molecule has 1 aromatic heterocycles. The first-order chi connectivity index (χ1) is 8.16. The summed E-state index contributed by atoms with van der Waals surface area (Å²) in [6.07, 6.45) is 8.59. The van der Waals surface area contributed by atoms with Crippen molar-refractivity contribution >= 4 is 33.3 Å². The van der Waals surface area contributed by atoms with E-state index < -0.39 is 0 Å². The number of anilines is 1. The summed E-state index contributed by atoms with van der Waals surface area (Å²) in [5.74, 6) is 1.80. The van der Waals surface area contributed by atoms with E-state index in [1.54, 1.807) is 6.20 Å². The van der Waals surface area contributed by atoms with E-state index in [1.807, 2.05) is 6.07 Å². The lowest BCUT2D eigenvalue weighted by Crippen LogP contribution is -2.27. The quantitative estimate of drug-likeness (QED) is 0.815. The van der Waals surface area contributed by atoms with Crippen LogP contribution in [0.2, 0.25) is 5.02 Å². The van der Waals surface area contributed by atoms with Crippen LogP contribution >= 0.6 is 27.5 Å². The van der Waals surface area contributed by atoms with Crippen LogP contribution in [0.25, 0.3) is 0 Å². The van der Waals surface area contributed by atoms with Crippen molar-refractivity contribution in [1.29, 1.82) is 0 Å². The molecule has 2 nitrogen and oxygen atoms in total. The number of hydrogen-bond donors (Lipinski definition) is 0. The molecule has 0 radical (unpaired) electrons. The highest BCUT2D eigenvalue weighted by Gasteiger charge is 2.17. The van der Waals surface area contributed by atoms with Gasteiger partial charge in [-0.1, -0.05) is 30.9 Å². The molecule has 1 aromatic rings. The van der Waals surface area contributed by atoms with E-state index in [9.17, 15) is 0 Å². The predicted molar refractivity (Wildman–Crippen MR) is 76.8 cm³/mol. The molecule has 0 spiro atoms. The van der Waals surface area contributed by atoms with Crippen LogP contribution in [0, 0.1) is 5.92 Å². The second-order valence-electron chi connectivity index (χ2n) is 4.84. The highest BCUT2D eigenvalue weighted by Crippen LogP contribution is 2.29. The first-order valence-electron chi connectivity index (χ1n) is 6.19. The Morgan fingerprint density at radius 3 is 2.76 bits per heavy atom. The van der Waals surface area contributed by atoms with Crippen LogP contribution in [0.4, 0.5) is 5.82 Å². The van der Waals surface area contributed by atoms with Gasteiger partial charge in [0, 0.05) is 19.8 Å². The maximum Gasteiger partial charge on any atom is 0.142 e. The zero-order valence-corrected chi connectivity index (χ0v) is 12.5. The van der Waals surface area contributed by atoms with Crippen molar-refractivity contribution in [2.24, 2.45) is 5.92 Å². The van der Waals surface area contributed by atoms with Crippen molar-refractivity contribution in [3.05, 3.63) is 21.8 Å². The molecule has 0 saturated heterocycles. The Morgan fingerprint density at radius 2 is 2.12 bits per heavy atom. The van der Waals surface area contributed by atoms with Gasteiger partial charge in [-0.15, -0.1) is 0 Å². The number of rotatable bonds is 3. The maximum absolute atomic E-state index is 5.90. The number of nitrogens with zero attached hydrogens (tertiary/aromatic N) is 2. The molecule has 4 heteroatoms. The zero-order chi connectivity index (χ0) is 12.3. The molecule has 94 valence electrons. The minimum atomic E-state index is 0.673. The van der Waals surface area contributed by atoms with Crippen molar-refractivity contribution in [1.82, 2.24) is 4.98 Å². The van der Waals surface area contributed by atoms with Gasteiger partial charge in [-0.2, -0.15) is 0 Å². The Hall–Kier alpha value is -0.280. The molecule has 0 bridgehead atoms. The molecule has 1 saturated carbocycles. The summed E-state index contributed by atoms with van der Waals surface area (Å²) in [4.78, 5) is 6.62. The number of hydrogen-bond acceptors (Lipinski definition) is 2. The fourth-order valence-electron chi connectivity index (χ4n) is 2.53. The van der Waals surface area contributed by atoms with Crippen molar-refractivity contribution in [2.45, 2.75) is 32.1 Å². The van der Waals surface area contributed by atoms with E-state index in [1.165, 1.54) is 32.1 Å². The minimum Gasteiger partial charge on any atom is -0.358 e. The van der Waals surface area contributed by atoms with E-state index in [-0.39, 0.29) is 0 Å². The third kappa shape index (κ3) is 3.59. The molecule has 0 atom stereocenters. The van der Waals surface area contributed by atoms with Gasteiger partial charge >= 0.3 is 0 Å². The van der Waals surface area contributed by atoms with Crippen molar-refractivity contribution in [2.75, 3.05) is 18.5 Å². The molecule has 0 aromatic carbocycles. The lowest BCUT2D eigenvalue weighted by atomic mass is 9.89. The number of aromatic nitrogens is 1. The van der Waals surface area contributed by atoms with E-state index in [4.69, 9.17) is 11.6 Å². The predicted octanol–water partition coefficient (Wildman–Crippen LogP) is 4.51. The SMILES string of the molecule is CN(CC1CCCCC1)c1ncc(Cl)cc1Br. The highest BCUT2D eigenvalue weighted by molar-refractivity contribution is 9.10. The largest absolute Gasteiger partial charge is 0.358 e. The molecular formula is C13H18BrClN2. The van der Waals surface area contributed by atoms with E-state index in [0.29, 0.717) is 5.02 Å². The van der Waals surface area contributed by atoms with Crippen LogP contribution in [0.3, 0.4) is 0 Å². The Morgan fingerprint density at radius 1 is 1.41 bits per heavy atom. The summed E-state index contributed by atoms with van der Waals surface area (Å²) in [5, 5.41) is 0.673. The van der Waals surface area contributed by atoms with E-state index >= 15 is 0 Å². The van der Waals surface area contributed by atoms with Gasteiger partial charge in [-0.05, 0) is 40.8 Å². The molecule has 0 aliphatic heterocycles. The molecule has 2 rings (SSSR count). The third-order valence-electron chi connectivity index (χ3n) is 3.41. The molecule has 0 amide bonds. The topological polar surface area (TPSA) is 16.1 Å². The summed E-state index contributed by atoms with van der Waals surface area (Å²) in [6, 6.07) is 1.90. The summed E-state index contributed by atoms with van der Waals surface area (Å²) in [5.41, 5.74) is 0. The smallest absolute Gasteiger partial charge is 0.142 e. The van der Waals surface area contributed by atoms with Gasteiger partial charge in [0.2, 0.25) is 0 Å². The zero-order valence-electron chi connectivity index (χ0n) is 10.1. The van der Waals surface area contributed by atoms with Crippen LogP contribution < -0.4 is 4.90 Å². The maximum atomic E-state index is 5.90. The molecule has 0 unspecified atom stereocenters. The normalized spacial score (nSPS) is 17.1. The van der Waals surface area contributed by atoms with E-state index in [0.717, 1.165) is 22.8 Å². The monoisotopic (exact) mass is 316 g/mol. The van der Waals surface area contributed by atoms with Gasteiger partial charge in [0.05, 0.1) is 9.50 Å². The summed E-state index contributed by atoms with van der Waals surface area (Å²) in [7, 11) is 2.11. The number of halogens is 2. The van der Waals surface area contributed by atoms with Crippen LogP contribution in [0.1, 0.15) is 32.1 Å². The fourth-order valence-corrected chi connectivity index (χ4v) is 3.47. The first-order valence-corrected chi connectivity index (χ1v) is 7.36. The van der Waals surface area contributed by atoms with Crippen molar-refractivity contribution < 1.29 is 0 Å². The van der Waals surface area contributed by atoms with Gasteiger partial charge in [-0.25, -0.2) is 4.98 Å². The second-order valence-corrected chi connectivity index (χ2v) is 6.13. The Balaban J connectivity index is 2.00. The summed E-state index contributed by atoms with van der Waals surface area (Å²) >= 11 is 9.43. The fraction of sp³-hybridized carbons (Fsp3) is 0.615. The molecule has 1 fully saturated rings. The lowest BCUT2D eigenvalue weighted by molar-refractivity contribution is 0.361. The van der Waals surface area contributed by atoms with Crippen LogP contribution in [0.15, 0.2) is 16.7 Å². The lowest BCUT2D eigenvalue weighted by Gasteiger charge is -2.28. The number of pyridine rings is 1. The molecule has 1 heterocycles. The van der Waals surface area contributed by atoms with Crippen LogP contribution in [-0.2, 0) is 0 Å². The standard InChI is InChI=1S/C13H18BrClN2/c1-17(9-10-5-3-2-4-6-10)13-12(14)7-11(15)8-16-13/h7-8,10H,2-6,9H2,1H3. The molecule has 17 heavy (non-hydrogen) atoms. The first kappa shape index (κ1) is 13.2. The Bertz CT molecular complexity index is 378. The van der Waals surface area contributed by atoms with E-state index in [2.05, 4.69) is 32.9 Å². The van der Waals surface area contributed by atoms with Gasteiger partial charge in [0.1, 0.15) is 5.82 Å². The van der Waals surface area contributed by atoms with Crippen LogP contribution in [0.5, 0.6) is 0 Å². The average Bonchev–Trinajstić information content (AvgIpc) is 2.30. The molecule has 0 N–H and O–H groups in total. The average molecular weight is 318 g/mol. The van der Waals surface area contributed by atoms with Crippen molar-refractivity contribution in [3.8, 4) is 0 Å². The second kappa shape index (κ2) is 6.05. The van der Waals surface area contributed by atoms with Gasteiger partial charge in [0.25, 0.3) is 0 Å². The Kier molecular flexibility index (Phi) is 4.69. The molecular weight excluding hydrogens is 300 g/mol. The minimum absolute atomic E-state index is 0.673. The van der Waals surface area contributed by atoms with Gasteiger partial charge in [0.15, 0.2) is 0 Å². The van der Waals surface area contributed by atoms with Gasteiger partial charge in [-0.3, -0.25) is 0 Å². The Labute approximate surface area is 116 Å². The summed E-state index contributed by atoms with van der Waals surface area (Å²) in [6.45, 7) is 1.09. The van der Waals surface area contributed by atoms with Crippen LogP contribution in [-0.4, -0.2) is 18.6 Å².